The van der Waals surface area contributed by atoms with Crippen molar-refractivity contribution in [3.63, 3.8) is 0 Å². The van der Waals surface area contributed by atoms with Gasteiger partial charge in [-0.1, -0.05) is 66.7 Å². The van der Waals surface area contributed by atoms with Gasteiger partial charge in [-0.2, -0.15) is 0 Å². The number of carbonyl (C=O) groups is 3. The van der Waals surface area contributed by atoms with Crippen LogP contribution in [-0.2, 0) is 20.8 Å². The second-order valence-electron chi connectivity index (χ2n) is 12.1. The lowest BCUT2D eigenvalue weighted by molar-refractivity contribution is -0.141. The predicted octanol–water partition coefficient (Wildman–Crippen LogP) is 4.97. The Morgan fingerprint density at radius 1 is 0.929 bits per heavy atom. The number of hydrogen-bond acceptors (Lipinski definition) is 5. The lowest BCUT2D eigenvalue weighted by atomic mass is 9.66. The topological polar surface area (TPSA) is 98.7 Å². The highest BCUT2D eigenvalue weighted by Gasteiger charge is 2.77. The fourth-order valence-electron chi connectivity index (χ4n) is 7.54. The number of benzene rings is 3. The van der Waals surface area contributed by atoms with Crippen molar-refractivity contribution in [3.05, 3.63) is 95.6 Å². The Labute approximate surface area is 251 Å². The number of thioether (sulfide) groups is 1. The zero-order chi connectivity index (χ0) is 29.6. The molecule has 3 aromatic rings. The molecular weight excluding hydrogens is 546 g/mol. The molecule has 6 atom stereocenters. The number of aliphatic hydroxyl groups excluding tert-OH is 1. The molecule has 0 aliphatic carbocycles. The van der Waals surface area contributed by atoms with Crippen molar-refractivity contribution in [2.45, 2.75) is 61.6 Å². The van der Waals surface area contributed by atoms with E-state index in [1.54, 1.807) is 16.7 Å². The first kappa shape index (κ1) is 28.5. The molecule has 42 heavy (non-hydrogen) atoms. The molecule has 218 valence electrons. The molecule has 3 fully saturated rings. The lowest BCUT2D eigenvalue weighted by Gasteiger charge is -2.37. The Morgan fingerprint density at radius 2 is 1.57 bits per heavy atom. The van der Waals surface area contributed by atoms with E-state index in [1.807, 2.05) is 92.7 Å². The predicted molar refractivity (Wildman–Crippen MR) is 166 cm³/mol. The molecule has 0 aromatic heterocycles. The van der Waals surface area contributed by atoms with Crippen molar-refractivity contribution in [1.29, 1.82) is 0 Å². The number of rotatable bonds is 8. The highest BCUT2D eigenvalue weighted by molar-refractivity contribution is 8.02. The molecule has 3 heterocycles. The Hall–Kier alpha value is -3.62. The van der Waals surface area contributed by atoms with E-state index in [2.05, 4.69) is 17.6 Å². The first-order valence-electron chi connectivity index (χ1n) is 14.6. The van der Waals surface area contributed by atoms with Gasteiger partial charge in [0.1, 0.15) is 6.04 Å². The molecule has 7 nitrogen and oxygen atoms in total. The molecule has 2 unspecified atom stereocenters. The number of carbonyl (C=O) groups excluding carboxylic acids is 3. The van der Waals surface area contributed by atoms with Gasteiger partial charge < -0.3 is 20.6 Å². The molecule has 6 rings (SSSR count). The normalized spacial score (nSPS) is 28.4. The minimum Gasteiger partial charge on any atom is -0.394 e. The van der Waals surface area contributed by atoms with Gasteiger partial charge in [0.05, 0.1) is 29.2 Å². The van der Waals surface area contributed by atoms with Gasteiger partial charge in [-0.25, -0.2) is 0 Å². The summed E-state index contributed by atoms with van der Waals surface area (Å²) < 4.78 is -1.27. The molecule has 8 heteroatoms. The summed E-state index contributed by atoms with van der Waals surface area (Å²) in [7, 11) is 0. The van der Waals surface area contributed by atoms with Gasteiger partial charge in [0.2, 0.25) is 17.7 Å². The monoisotopic (exact) mass is 583 g/mol. The number of aliphatic hydroxyl groups is 1. The van der Waals surface area contributed by atoms with Crippen LogP contribution in [0.5, 0.6) is 0 Å². The number of nitrogens with one attached hydrogen (secondary N) is 2. The van der Waals surface area contributed by atoms with Gasteiger partial charge in [0, 0.05) is 16.1 Å². The third kappa shape index (κ3) is 4.61. The standard InChI is InChI=1S/C34H37N3O4S/c1-21-11-10-12-22(2)28(21)36-31(40)29-34-18-17-33(3,42-34)26(30(39)35-24-15-8-5-9-16-24)27(34)32(41)37(29)25(20-38)19-23-13-6-4-7-14-23/h4-16,25-27,29,38H,17-20H2,1-3H3,(H,35,39)(H,36,40)/t25-,26-,27+,29?,33+,34?/m1/s1. The van der Waals surface area contributed by atoms with E-state index in [0.717, 1.165) is 28.8 Å². The molecular formula is C34H37N3O4S. The quantitative estimate of drug-likeness (QED) is 0.348. The minimum absolute atomic E-state index is 0.199. The number of amides is 3. The van der Waals surface area contributed by atoms with Gasteiger partial charge in [-0.15, -0.1) is 11.8 Å². The zero-order valence-corrected chi connectivity index (χ0v) is 25.0. The van der Waals surface area contributed by atoms with E-state index in [9.17, 15) is 19.5 Å². The van der Waals surface area contributed by atoms with Crippen LogP contribution < -0.4 is 10.6 Å². The maximum atomic E-state index is 14.6. The first-order valence-corrected chi connectivity index (χ1v) is 15.4. The molecule has 3 saturated heterocycles. The number of para-hydroxylation sites is 2. The van der Waals surface area contributed by atoms with Crippen LogP contribution in [0.4, 0.5) is 11.4 Å². The summed E-state index contributed by atoms with van der Waals surface area (Å²) in [6.45, 7) is 5.67. The van der Waals surface area contributed by atoms with Crippen molar-refractivity contribution in [2.24, 2.45) is 11.8 Å². The van der Waals surface area contributed by atoms with Gasteiger partial charge in [-0.05, 0) is 68.9 Å². The Morgan fingerprint density at radius 3 is 2.21 bits per heavy atom. The highest BCUT2D eigenvalue weighted by atomic mass is 32.2. The van der Waals surface area contributed by atoms with Crippen molar-refractivity contribution < 1.29 is 19.5 Å². The fraction of sp³-hybridized carbons (Fsp3) is 0.382. The maximum Gasteiger partial charge on any atom is 0.248 e. The summed E-state index contributed by atoms with van der Waals surface area (Å²) in [6, 6.07) is 23.4. The van der Waals surface area contributed by atoms with Crippen LogP contribution >= 0.6 is 11.8 Å². The molecule has 3 amide bonds. The van der Waals surface area contributed by atoms with E-state index in [-0.39, 0.29) is 24.3 Å². The van der Waals surface area contributed by atoms with E-state index in [1.165, 1.54) is 0 Å². The number of likely N-dealkylation sites (tertiary alicyclic amines) is 1. The fourth-order valence-corrected chi connectivity index (χ4v) is 9.88. The van der Waals surface area contributed by atoms with Crippen LogP contribution in [0.2, 0.25) is 0 Å². The molecule has 3 N–H and O–H groups in total. The van der Waals surface area contributed by atoms with Crippen LogP contribution in [0.3, 0.4) is 0 Å². The van der Waals surface area contributed by atoms with E-state index < -0.39 is 33.4 Å². The van der Waals surface area contributed by atoms with Crippen molar-refractivity contribution in [3.8, 4) is 0 Å². The summed E-state index contributed by atoms with van der Waals surface area (Å²) in [5, 5.41) is 16.9. The molecule has 0 radical (unpaired) electrons. The van der Waals surface area contributed by atoms with Gasteiger partial charge in [-0.3, -0.25) is 14.4 Å². The lowest BCUT2D eigenvalue weighted by Crippen LogP contribution is -2.55. The largest absolute Gasteiger partial charge is 0.394 e. The van der Waals surface area contributed by atoms with Gasteiger partial charge in [0.25, 0.3) is 0 Å². The Bertz CT molecular complexity index is 1500. The molecule has 2 bridgehead atoms. The Kier molecular flexibility index (Phi) is 7.39. The summed E-state index contributed by atoms with van der Waals surface area (Å²) in [5.74, 6) is -1.98. The van der Waals surface area contributed by atoms with Gasteiger partial charge in [0.15, 0.2) is 0 Å². The van der Waals surface area contributed by atoms with Crippen molar-refractivity contribution in [2.75, 3.05) is 17.2 Å². The SMILES string of the molecule is Cc1cccc(C)c1NC(=O)C1N([C@@H](CO)Cc2ccccc2)C(=O)[C@@H]2[C@H](C(=O)Nc3ccccc3)[C@]3(C)CCC12S3. The second-order valence-corrected chi connectivity index (χ2v) is 14.0. The van der Waals surface area contributed by atoms with E-state index >= 15 is 0 Å². The molecule has 3 aromatic carbocycles. The number of aryl methyl sites for hydroxylation is 2. The highest BCUT2D eigenvalue weighted by Crippen LogP contribution is 2.71. The number of hydrogen-bond donors (Lipinski definition) is 3. The van der Waals surface area contributed by atoms with Gasteiger partial charge >= 0.3 is 0 Å². The first-order chi connectivity index (χ1) is 20.2. The number of fused-ring (bicyclic) bond motifs is 1. The van der Waals surface area contributed by atoms with Crippen molar-refractivity contribution >= 4 is 40.9 Å². The summed E-state index contributed by atoms with van der Waals surface area (Å²) in [6.07, 6.45) is 1.77. The van der Waals surface area contributed by atoms with Crippen LogP contribution in [0.25, 0.3) is 0 Å². The van der Waals surface area contributed by atoms with Crippen molar-refractivity contribution in [1.82, 2.24) is 4.90 Å². The summed E-state index contributed by atoms with van der Waals surface area (Å²) in [5.41, 5.74) is 4.26. The minimum atomic E-state index is -0.837. The smallest absolute Gasteiger partial charge is 0.248 e. The summed E-state index contributed by atoms with van der Waals surface area (Å²) >= 11 is 1.63. The zero-order valence-electron chi connectivity index (χ0n) is 24.2. The van der Waals surface area contributed by atoms with Crippen LogP contribution in [0, 0.1) is 25.7 Å². The average Bonchev–Trinajstić information content (AvgIpc) is 3.55. The molecule has 0 saturated carbocycles. The molecule has 3 aliphatic rings. The van der Waals surface area contributed by atoms with E-state index in [4.69, 9.17) is 0 Å². The maximum absolute atomic E-state index is 14.6. The average molecular weight is 584 g/mol. The third-order valence-electron chi connectivity index (χ3n) is 9.43. The van der Waals surface area contributed by atoms with Crippen LogP contribution in [-0.4, -0.2) is 55.9 Å². The Balaban J connectivity index is 1.41. The summed E-state index contributed by atoms with van der Waals surface area (Å²) in [4.78, 5) is 44.6. The van der Waals surface area contributed by atoms with Crippen LogP contribution in [0.15, 0.2) is 78.9 Å². The molecule has 1 spiro atoms. The third-order valence-corrected chi connectivity index (χ3v) is 11.4. The van der Waals surface area contributed by atoms with E-state index in [0.29, 0.717) is 18.5 Å². The molecule has 3 aliphatic heterocycles. The number of anilines is 2. The number of nitrogens with zero attached hydrogens (tertiary/aromatic N) is 1. The second kappa shape index (κ2) is 10.9. The van der Waals surface area contributed by atoms with Crippen LogP contribution in [0.1, 0.15) is 36.5 Å².